The van der Waals surface area contributed by atoms with Crippen LogP contribution in [0.2, 0.25) is 0 Å². The van der Waals surface area contributed by atoms with Gasteiger partial charge in [-0.1, -0.05) is 6.07 Å². The maximum absolute atomic E-state index is 9.49. The molecule has 4 aromatic rings. The highest BCUT2D eigenvalue weighted by molar-refractivity contribution is 5.66. The van der Waals surface area contributed by atoms with Crippen LogP contribution < -0.4 is 0 Å². The molecular formula is C16H14N10. The molecule has 0 unspecified atom stereocenters. The molecule has 0 fully saturated rings. The molecule has 0 aliphatic carbocycles. The first-order valence-electron chi connectivity index (χ1n) is 7.83. The number of aromatic amines is 1. The van der Waals surface area contributed by atoms with E-state index in [0.717, 1.165) is 5.82 Å². The first kappa shape index (κ1) is 15.6. The summed E-state index contributed by atoms with van der Waals surface area (Å²) in [7, 11) is 0. The Morgan fingerprint density at radius 3 is 2.69 bits per heavy atom. The molecule has 0 bridgehead atoms. The van der Waals surface area contributed by atoms with E-state index in [4.69, 9.17) is 0 Å². The Labute approximate surface area is 147 Å². The Hall–Kier alpha value is -3.87. The Morgan fingerprint density at radius 1 is 1.12 bits per heavy atom. The largest absolute Gasteiger partial charge is 0.258 e. The molecule has 4 rings (SSSR count). The molecule has 4 aromatic heterocycles. The second-order valence-electron chi connectivity index (χ2n) is 5.66. The zero-order chi connectivity index (χ0) is 18.3. The minimum absolute atomic E-state index is 0.318. The molecule has 0 saturated carbocycles. The molecule has 4 heterocycles. The number of azo groups is 1. The highest BCUT2D eigenvalue weighted by Gasteiger charge is 2.18. The lowest BCUT2D eigenvalue weighted by Gasteiger charge is -2.01. The molecule has 0 aromatic carbocycles. The number of nitrogens with zero attached hydrogens (tertiary/aromatic N) is 9. The minimum Gasteiger partial charge on any atom is -0.258 e. The third-order valence-corrected chi connectivity index (χ3v) is 3.92. The van der Waals surface area contributed by atoms with Crippen LogP contribution in [0.15, 0.2) is 34.6 Å². The maximum Gasteiger partial charge on any atom is 0.197 e. The van der Waals surface area contributed by atoms with Gasteiger partial charge in [0.15, 0.2) is 23.0 Å². The van der Waals surface area contributed by atoms with E-state index >= 15 is 0 Å². The van der Waals surface area contributed by atoms with Crippen LogP contribution in [0.5, 0.6) is 0 Å². The van der Waals surface area contributed by atoms with Crippen LogP contribution in [0.1, 0.15) is 22.8 Å². The fourth-order valence-electron chi connectivity index (χ4n) is 2.63. The van der Waals surface area contributed by atoms with Gasteiger partial charge in [0.2, 0.25) is 0 Å². The van der Waals surface area contributed by atoms with Crippen molar-refractivity contribution in [3.63, 3.8) is 0 Å². The van der Waals surface area contributed by atoms with Gasteiger partial charge in [-0.05, 0) is 32.9 Å². The van der Waals surface area contributed by atoms with Gasteiger partial charge < -0.3 is 0 Å². The molecule has 128 valence electrons. The third-order valence-electron chi connectivity index (χ3n) is 3.92. The molecule has 0 aliphatic heterocycles. The molecule has 10 nitrogen and oxygen atoms in total. The number of fused-ring (bicyclic) bond motifs is 1. The molecule has 26 heavy (non-hydrogen) atoms. The van der Waals surface area contributed by atoms with Gasteiger partial charge in [0.25, 0.3) is 0 Å². The van der Waals surface area contributed by atoms with Gasteiger partial charge >= 0.3 is 0 Å². The van der Waals surface area contributed by atoms with Crippen LogP contribution in [-0.2, 0) is 0 Å². The summed E-state index contributed by atoms with van der Waals surface area (Å²) < 4.78 is 3.17. The minimum atomic E-state index is 0.318. The number of H-pyrrole nitrogens is 1. The van der Waals surface area contributed by atoms with Crippen molar-refractivity contribution in [3.8, 4) is 11.9 Å². The van der Waals surface area contributed by atoms with Gasteiger partial charge in [0, 0.05) is 6.20 Å². The number of pyridine rings is 1. The van der Waals surface area contributed by atoms with Crippen molar-refractivity contribution in [2.75, 3.05) is 0 Å². The number of nitriles is 1. The topological polar surface area (TPSA) is 125 Å². The average Bonchev–Trinajstić information content (AvgIpc) is 3.27. The number of rotatable bonds is 3. The molecular weight excluding hydrogens is 332 g/mol. The first-order chi connectivity index (χ1) is 12.6. The van der Waals surface area contributed by atoms with E-state index in [0.29, 0.717) is 39.9 Å². The Bertz CT molecular complexity index is 1170. The van der Waals surface area contributed by atoms with E-state index < -0.39 is 0 Å². The second-order valence-corrected chi connectivity index (χ2v) is 5.66. The van der Waals surface area contributed by atoms with Crippen LogP contribution in [-0.4, -0.2) is 34.6 Å². The van der Waals surface area contributed by atoms with Crippen LogP contribution in [0.4, 0.5) is 11.5 Å². The fraction of sp³-hybridized carbons (Fsp3) is 0.188. The van der Waals surface area contributed by atoms with Gasteiger partial charge in [0.1, 0.15) is 17.5 Å². The lowest BCUT2D eigenvalue weighted by molar-refractivity contribution is 0.826. The summed E-state index contributed by atoms with van der Waals surface area (Å²) in [6.07, 6.45) is 1.65. The lowest BCUT2D eigenvalue weighted by atomic mass is 10.3. The van der Waals surface area contributed by atoms with Crippen molar-refractivity contribution < 1.29 is 0 Å². The number of aryl methyl sites for hydroxylation is 3. The normalized spacial score (nSPS) is 11.5. The predicted molar refractivity (Wildman–Crippen MR) is 91.8 cm³/mol. The molecule has 0 aliphatic rings. The quantitative estimate of drug-likeness (QED) is 0.571. The van der Waals surface area contributed by atoms with E-state index in [1.54, 1.807) is 29.8 Å². The van der Waals surface area contributed by atoms with E-state index in [1.165, 1.54) is 4.68 Å². The van der Waals surface area contributed by atoms with Gasteiger partial charge in [-0.15, -0.1) is 10.2 Å². The highest BCUT2D eigenvalue weighted by atomic mass is 15.4. The van der Waals surface area contributed by atoms with Gasteiger partial charge in [-0.2, -0.15) is 29.8 Å². The molecule has 0 atom stereocenters. The fourth-order valence-corrected chi connectivity index (χ4v) is 2.63. The van der Waals surface area contributed by atoms with Crippen LogP contribution >= 0.6 is 0 Å². The summed E-state index contributed by atoms with van der Waals surface area (Å²) in [5.41, 5.74) is 2.80. The summed E-state index contributed by atoms with van der Waals surface area (Å²) >= 11 is 0. The summed E-state index contributed by atoms with van der Waals surface area (Å²) in [6, 6.07) is 7.56. The Balaban J connectivity index is 1.87. The highest BCUT2D eigenvalue weighted by Crippen LogP contribution is 2.29. The smallest absolute Gasteiger partial charge is 0.197 e. The summed E-state index contributed by atoms with van der Waals surface area (Å²) in [4.78, 5) is 4.27. The molecule has 0 saturated heterocycles. The molecule has 0 radical (unpaired) electrons. The van der Waals surface area contributed by atoms with Crippen molar-refractivity contribution in [2.24, 2.45) is 10.2 Å². The number of nitrogens with one attached hydrogen (secondary N) is 1. The summed E-state index contributed by atoms with van der Waals surface area (Å²) in [6.45, 7) is 5.42. The van der Waals surface area contributed by atoms with Crippen molar-refractivity contribution in [2.45, 2.75) is 20.8 Å². The number of hydrogen-bond acceptors (Lipinski definition) is 7. The maximum atomic E-state index is 9.49. The van der Waals surface area contributed by atoms with Gasteiger partial charge in [0.05, 0.1) is 11.4 Å². The Morgan fingerprint density at radius 2 is 1.96 bits per heavy atom. The SMILES string of the molecule is Cc1nn(-c2ccccn2)c(/N=N/c2c(C)nn3c(C)n[nH]c23)c1C#N. The Kier molecular flexibility index (Phi) is 3.54. The van der Waals surface area contributed by atoms with E-state index in [-0.39, 0.29) is 0 Å². The second kappa shape index (κ2) is 5.89. The van der Waals surface area contributed by atoms with Gasteiger partial charge in [-0.3, -0.25) is 5.10 Å². The lowest BCUT2D eigenvalue weighted by Crippen LogP contribution is -1.98. The zero-order valence-corrected chi connectivity index (χ0v) is 14.3. The van der Waals surface area contributed by atoms with E-state index in [2.05, 4.69) is 41.7 Å². The van der Waals surface area contributed by atoms with E-state index in [9.17, 15) is 5.26 Å². The van der Waals surface area contributed by atoms with Crippen molar-refractivity contribution in [3.05, 3.63) is 47.2 Å². The molecule has 0 amide bonds. The number of aromatic nitrogens is 7. The molecule has 1 N–H and O–H groups in total. The molecule has 0 spiro atoms. The van der Waals surface area contributed by atoms with Crippen LogP contribution in [0.3, 0.4) is 0 Å². The van der Waals surface area contributed by atoms with Crippen LogP contribution in [0, 0.1) is 32.1 Å². The molecule has 10 heteroatoms. The first-order valence-corrected chi connectivity index (χ1v) is 7.83. The average molecular weight is 346 g/mol. The monoisotopic (exact) mass is 346 g/mol. The standard InChI is InChI=1S/C16H14N10/c1-9-12(8-17)15(26(23-9)13-6-4-5-7-18-13)21-20-14-10(2)24-25-11(3)19-22-16(14)25/h4-7,22H,1-3H3/b21-20+. The van der Waals surface area contributed by atoms with Crippen molar-refractivity contribution in [1.82, 2.24) is 34.6 Å². The zero-order valence-electron chi connectivity index (χ0n) is 14.3. The third kappa shape index (κ3) is 2.34. The predicted octanol–water partition coefficient (Wildman–Crippen LogP) is 2.85. The van der Waals surface area contributed by atoms with Crippen molar-refractivity contribution >= 4 is 17.2 Å². The van der Waals surface area contributed by atoms with Crippen molar-refractivity contribution in [1.29, 1.82) is 5.26 Å². The summed E-state index contributed by atoms with van der Waals surface area (Å²) in [5.74, 6) is 1.59. The number of hydrogen-bond donors (Lipinski definition) is 1. The van der Waals surface area contributed by atoms with E-state index in [1.807, 2.05) is 19.9 Å². The van der Waals surface area contributed by atoms with Gasteiger partial charge in [-0.25, -0.2) is 4.98 Å². The summed E-state index contributed by atoms with van der Waals surface area (Å²) in [5, 5.41) is 33.9. The van der Waals surface area contributed by atoms with Crippen LogP contribution in [0.25, 0.3) is 11.5 Å².